The van der Waals surface area contributed by atoms with Gasteiger partial charge in [0.2, 0.25) is 5.91 Å². The van der Waals surface area contributed by atoms with Crippen molar-refractivity contribution in [3.63, 3.8) is 0 Å². The number of likely N-dealkylation sites (tertiary alicyclic amines) is 1. The molecule has 0 spiro atoms. The molecule has 3 aromatic rings. The molecule has 1 aliphatic rings. The first kappa shape index (κ1) is 17.1. The number of benzene rings is 1. The highest BCUT2D eigenvalue weighted by atomic mass is 32.1. The molecule has 1 aliphatic heterocycles. The van der Waals surface area contributed by atoms with Crippen molar-refractivity contribution in [2.75, 3.05) is 25.0 Å². The summed E-state index contributed by atoms with van der Waals surface area (Å²) in [6.45, 7) is 8.69. The first-order chi connectivity index (χ1) is 12.4. The van der Waals surface area contributed by atoms with E-state index in [0.717, 1.165) is 39.4 Å². The maximum Gasteiger partial charge on any atom is 0.239 e. The molecule has 3 heterocycles. The van der Waals surface area contributed by atoms with Gasteiger partial charge in [-0.05, 0) is 29.9 Å². The van der Waals surface area contributed by atoms with Crippen LogP contribution in [0.15, 0.2) is 30.5 Å². The molecule has 4 rings (SSSR count). The van der Waals surface area contributed by atoms with E-state index in [1.165, 1.54) is 0 Å². The van der Waals surface area contributed by atoms with Crippen molar-refractivity contribution in [3.05, 3.63) is 35.5 Å². The number of nitrogens with zero attached hydrogens (tertiary/aromatic N) is 4. The molecule has 0 saturated carbocycles. The number of rotatable bonds is 4. The number of carbonyl (C=O) groups is 1. The molecule has 26 heavy (non-hydrogen) atoms. The van der Waals surface area contributed by atoms with Crippen LogP contribution >= 0.6 is 11.3 Å². The number of fused-ring (bicyclic) bond motifs is 1. The molecule has 1 amide bonds. The molecule has 1 fully saturated rings. The topological polar surface area (TPSA) is 71.0 Å². The fourth-order valence-electron chi connectivity index (χ4n) is 3.42. The van der Waals surface area contributed by atoms with Crippen LogP contribution in [-0.4, -0.2) is 45.6 Å². The molecule has 7 heteroatoms. The van der Waals surface area contributed by atoms with Crippen LogP contribution < -0.4 is 5.32 Å². The van der Waals surface area contributed by atoms with Crippen molar-refractivity contribution in [2.24, 2.45) is 5.41 Å². The molecule has 0 unspecified atom stereocenters. The van der Waals surface area contributed by atoms with Crippen molar-refractivity contribution in [2.45, 2.75) is 20.8 Å². The fraction of sp³-hybridized carbons (Fsp3) is 0.368. The molecule has 0 aliphatic carbocycles. The molecular formula is C19H21N5OS. The van der Waals surface area contributed by atoms with Crippen LogP contribution in [0.5, 0.6) is 0 Å². The third kappa shape index (κ3) is 3.59. The van der Waals surface area contributed by atoms with Crippen LogP contribution in [0.3, 0.4) is 0 Å². The molecule has 1 saturated heterocycles. The predicted molar refractivity (Wildman–Crippen MR) is 104 cm³/mol. The van der Waals surface area contributed by atoms with Crippen LogP contribution in [0.2, 0.25) is 0 Å². The number of aromatic nitrogens is 3. The summed E-state index contributed by atoms with van der Waals surface area (Å²) >= 11 is 1.57. The van der Waals surface area contributed by atoms with Crippen molar-refractivity contribution in [1.82, 2.24) is 20.1 Å². The molecular weight excluding hydrogens is 346 g/mol. The number of anilines is 1. The SMILES string of the molecule is Cc1nnc(-c2ccc3cnc(NC(=O)CN4CC(C)(C)C4)cc3c2)s1. The molecule has 0 bridgehead atoms. The maximum absolute atomic E-state index is 12.2. The quantitative estimate of drug-likeness (QED) is 0.766. The third-order valence-electron chi connectivity index (χ3n) is 4.43. The minimum absolute atomic E-state index is 0.0248. The lowest BCUT2D eigenvalue weighted by molar-refractivity contribution is -0.120. The second-order valence-corrected chi connectivity index (χ2v) is 8.80. The largest absolute Gasteiger partial charge is 0.310 e. The maximum atomic E-state index is 12.2. The van der Waals surface area contributed by atoms with E-state index in [1.807, 2.05) is 25.1 Å². The molecule has 1 aromatic carbocycles. The van der Waals surface area contributed by atoms with Gasteiger partial charge in [0.05, 0.1) is 6.54 Å². The van der Waals surface area contributed by atoms with Gasteiger partial charge in [0, 0.05) is 30.2 Å². The van der Waals surface area contributed by atoms with E-state index in [-0.39, 0.29) is 5.91 Å². The van der Waals surface area contributed by atoms with E-state index in [4.69, 9.17) is 0 Å². The van der Waals surface area contributed by atoms with Gasteiger partial charge in [-0.15, -0.1) is 10.2 Å². The normalized spacial score (nSPS) is 16.4. The summed E-state index contributed by atoms with van der Waals surface area (Å²) in [5.41, 5.74) is 1.34. The van der Waals surface area contributed by atoms with Crippen molar-refractivity contribution in [1.29, 1.82) is 0 Å². The van der Waals surface area contributed by atoms with E-state index in [9.17, 15) is 4.79 Å². The lowest BCUT2D eigenvalue weighted by atomic mass is 9.84. The zero-order valence-electron chi connectivity index (χ0n) is 15.1. The predicted octanol–water partition coefficient (Wildman–Crippen LogP) is 3.34. The van der Waals surface area contributed by atoms with E-state index in [0.29, 0.717) is 17.8 Å². The van der Waals surface area contributed by atoms with Gasteiger partial charge in [0.15, 0.2) is 0 Å². The summed E-state index contributed by atoms with van der Waals surface area (Å²) < 4.78 is 0. The van der Waals surface area contributed by atoms with Crippen LogP contribution in [-0.2, 0) is 4.79 Å². The molecule has 134 valence electrons. The molecule has 0 radical (unpaired) electrons. The molecule has 6 nitrogen and oxygen atoms in total. The van der Waals surface area contributed by atoms with Crippen molar-refractivity contribution < 1.29 is 4.79 Å². The summed E-state index contributed by atoms with van der Waals surface area (Å²) in [6, 6.07) is 8.01. The van der Waals surface area contributed by atoms with Gasteiger partial charge in [0.25, 0.3) is 0 Å². The zero-order chi connectivity index (χ0) is 18.3. The number of amides is 1. The number of aryl methyl sites for hydroxylation is 1. The van der Waals surface area contributed by atoms with Crippen molar-refractivity contribution in [3.8, 4) is 10.6 Å². The average molecular weight is 367 g/mol. The first-order valence-corrected chi connectivity index (χ1v) is 9.42. The Bertz CT molecular complexity index is 973. The highest BCUT2D eigenvalue weighted by Gasteiger charge is 2.34. The number of hydrogen-bond donors (Lipinski definition) is 1. The Labute approximate surface area is 156 Å². The summed E-state index contributed by atoms with van der Waals surface area (Å²) in [5.74, 6) is 0.552. The lowest BCUT2D eigenvalue weighted by Gasteiger charge is -2.45. The number of pyridine rings is 1. The summed E-state index contributed by atoms with van der Waals surface area (Å²) in [6.07, 6.45) is 1.78. The Balaban J connectivity index is 1.50. The fourth-order valence-corrected chi connectivity index (χ4v) is 4.11. The second-order valence-electron chi connectivity index (χ2n) is 7.62. The summed E-state index contributed by atoms with van der Waals surface area (Å²) in [5, 5.41) is 15.1. The highest BCUT2D eigenvalue weighted by molar-refractivity contribution is 7.14. The van der Waals surface area contributed by atoms with Gasteiger partial charge in [0.1, 0.15) is 15.8 Å². The third-order valence-corrected chi connectivity index (χ3v) is 5.32. The Morgan fingerprint density at radius 3 is 2.73 bits per heavy atom. The van der Waals surface area contributed by atoms with Crippen LogP contribution in [0.25, 0.3) is 21.3 Å². The molecule has 2 aromatic heterocycles. The Morgan fingerprint density at radius 2 is 2.04 bits per heavy atom. The van der Waals surface area contributed by atoms with E-state index >= 15 is 0 Å². The van der Waals surface area contributed by atoms with E-state index in [1.54, 1.807) is 17.5 Å². The van der Waals surface area contributed by atoms with Gasteiger partial charge in [-0.1, -0.05) is 37.3 Å². The minimum atomic E-state index is -0.0248. The molecule has 0 atom stereocenters. The van der Waals surface area contributed by atoms with Gasteiger partial charge in [-0.2, -0.15) is 0 Å². The van der Waals surface area contributed by atoms with Crippen molar-refractivity contribution >= 4 is 33.8 Å². The van der Waals surface area contributed by atoms with E-state index < -0.39 is 0 Å². The lowest BCUT2D eigenvalue weighted by Crippen LogP contribution is -2.54. The van der Waals surface area contributed by atoms with Crippen LogP contribution in [0.4, 0.5) is 5.82 Å². The number of carbonyl (C=O) groups excluding carboxylic acids is 1. The van der Waals surface area contributed by atoms with Crippen LogP contribution in [0, 0.1) is 12.3 Å². The van der Waals surface area contributed by atoms with Gasteiger partial charge >= 0.3 is 0 Å². The summed E-state index contributed by atoms with van der Waals surface area (Å²) in [4.78, 5) is 18.7. The smallest absolute Gasteiger partial charge is 0.239 e. The first-order valence-electron chi connectivity index (χ1n) is 8.60. The van der Waals surface area contributed by atoms with Crippen LogP contribution in [0.1, 0.15) is 18.9 Å². The minimum Gasteiger partial charge on any atom is -0.310 e. The average Bonchev–Trinajstić information content (AvgIpc) is 2.99. The Morgan fingerprint density at radius 1 is 1.23 bits per heavy atom. The monoisotopic (exact) mass is 367 g/mol. The zero-order valence-corrected chi connectivity index (χ0v) is 15.9. The number of nitrogens with one attached hydrogen (secondary N) is 1. The van der Waals surface area contributed by atoms with E-state index in [2.05, 4.69) is 45.3 Å². The highest BCUT2D eigenvalue weighted by Crippen LogP contribution is 2.29. The Hall–Kier alpha value is -2.38. The van der Waals surface area contributed by atoms with Gasteiger partial charge in [-0.25, -0.2) is 4.98 Å². The van der Waals surface area contributed by atoms with Gasteiger partial charge in [-0.3, -0.25) is 9.69 Å². The molecule has 1 N–H and O–H groups in total. The second kappa shape index (κ2) is 6.41. The Kier molecular flexibility index (Phi) is 4.20. The standard InChI is InChI=1S/C19H21N5OS/c1-12-22-23-18(26-12)13-4-5-14-8-20-16(7-15(14)6-13)21-17(25)9-24-10-19(2,3)11-24/h4-8H,9-11H2,1-3H3,(H,20,21,25). The summed E-state index contributed by atoms with van der Waals surface area (Å²) in [7, 11) is 0. The number of hydrogen-bond acceptors (Lipinski definition) is 6. The van der Waals surface area contributed by atoms with Gasteiger partial charge < -0.3 is 5.32 Å².